The number of aliphatic hydroxyl groups excluding tert-OH is 1. The fourth-order valence-corrected chi connectivity index (χ4v) is 1.96. The summed E-state index contributed by atoms with van der Waals surface area (Å²) in [5, 5.41) is 9.77. The number of nitrogens with zero attached hydrogens (tertiary/aromatic N) is 1. The van der Waals surface area contributed by atoms with Gasteiger partial charge in [0.15, 0.2) is 0 Å². The molecule has 0 bridgehead atoms. The van der Waals surface area contributed by atoms with Crippen molar-refractivity contribution >= 4 is 6.09 Å². The number of hydrogen-bond acceptors (Lipinski definition) is 3. The fraction of sp³-hybridized carbons (Fsp3) is 0.909. The van der Waals surface area contributed by atoms with E-state index in [1.165, 1.54) is 4.90 Å². The molecule has 1 aliphatic carbocycles. The minimum Gasteiger partial charge on any atom is -0.447 e. The van der Waals surface area contributed by atoms with Gasteiger partial charge >= 0.3 is 6.09 Å². The number of ether oxygens (including phenoxy) is 1. The van der Waals surface area contributed by atoms with Crippen LogP contribution in [0.3, 0.4) is 0 Å². The molecule has 0 spiro atoms. The average Bonchev–Trinajstić information content (AvgIpc) is 2.16. The zero-order valence-corrected chi connectivity index (χ0v) is 9.77. The van der Waals surface area contributed by atoms with Gasteiger partial charge in [-0.2, -0.15) is 0 Å². The first-order valence-electron chi connectivity index (χ1n) is 5.64. The average molecular weight is 215 g/mol. The number of carbonyl (C=O) groups excluding carboxylic acids is 1. The Morgan fingerprint density at radius 1 is 1.40 bits per heavy atom. The summed E-state index contributed by atoms with van der Waals surface area (Å²) in [6.07, 6.45) is 2.92. The first kappa shape index (κ1) is 12.3. The third kappa shape index (κ3) is 3.38. The van der Waals surface area contributed by atoms with E-state index in [1.807, 2.05) is 13.8 Å². The molecule has 1 rings (SSSR count). The minimum atomic E-state index is -0.400. The highest BCUT2D eigenvalue weighted by molar-refractivity contribution is 5.67. The van der Waals surface area contributed by atoms with Crippen molar-refractivity contribution in [3.05, 3.63) is 0 Å². The first-order chi connectivity index (χ1) is 7.02. The molecule has 0 radical (unpaired) electrons. The summed E-state index contributed by atoms with van der Waals surface area (Å²) in [6.45, 7) is 3.64. The van der Waals surface area contributed by atoms with Crippen molar-refractivity contribution < 1.29 is 14.6 Å². The van der Waals surface area contributed by atoms with Gasteiger partial charge in [0.1, 0.15) is 0 Å². The van der Waals surface area contributed by atoms with Gasteiger partial charge in [0.2, 0.25) is 0 Å². The van der Waals surface area contributed by atoms with Crippen molar-refractivity contribution in [2.75, 3.05) is 7.05 Å². The lowest BCUT2D eigenvalue weighted by Gasteiger charge is -2.34. The second kappa shape index (κ2) is 5.35. The summed E-state index contributed by atoms with van der Waals surface area (Å²) in [5.74, 6) is 0. The van der Waals surface area contributed by atoms with E-state index in [2.05, 4.69) is 0 Å². The molecular weight excluding hydrogens is 194 g/mol. The van der Waals surface area contributed by atoms with E-state index in [4.69, 9.17) is 4.74 Å². The van der Waals surface area contributed by atoms with E-state index in [0.717, 1.165) is 25.7 Å². The Bertz CT molecular complexity index is 218. The van der Waals surface area contributed by atoms with Crippen molar-refractivity contribution in [2.45, 2.75) is 57.8 Å². The van der Waals surface area contributed by atoms with Gasteiger partial charge in [-0.1, -0.05) is 12.8 Å². The molecule has 0 aromatic rings. The van der Waals surface area contributed by atoms with Crippen molar-refractivity contribution in [2.24, 2.45) is 0 Å². The van der Waals surface area contributed by atoms with Crippen molar-refractivity contribution in [1.29, 1.82) is 0 Å². The molecule has 2 unspecified atom stereocenters. The minimum absolute atomic E-state index is 0.0787. The number of rotatable bonds is 2. The predicted molar refractivity (Wildman–Crippen MR) is 57.6 cm³/mol. The van der Waals surface area contributed by atoms with E-state index >= 15 is 0 Å². The van der Waals surface area contributed by atoms with Crippen LogP contribution in [0.15, 0.2) is 0 Å². The van der Waals surface area contributed by atoms with Gasteiger partial charge in [-0.25, -0.2) is 4.79 Å². The van der Waals surface area contributed by atoms with Gasteiger partial charge in [-0.05, 0) is 26.7 Å². The lowest BCUT2D eigenvalue weighted by molar-refractivity contribution is 0.0151. The maximum absolute atomic E-state index is 11.6. The van der Waals surface area contributed by atoms with Gasteiger partial charge in [0.25, 0.3) is 0 Å². The molecule has 0 aromatic heterocycles. The maximum atomic E-state index is 11.6. The second-order valence-corrected chi connectivity index (χ2v) is 4.46. The van der Waals surface area contributed by atoms with Crippen LogP contribution in [-0.2, 0) is 4.74 Å². The number of carbonyl (C=O) groups is 1. The second-order valence-electron chi connectivity index (χ2n) is 4.46. The van der Waals surface area contributed by atoms with Crippen LogP contribution in [0.1, 0.15) is 39.5 Å². The molecule has 1 amide bonds. The Labute approximate surface area is 91.2 Å². The van der Waals surface area contributed by atoms with Crippen LogP contribution in [0, 0.1) is 0 Å². The third-order valence-corrected chi connectivity index (χ3v) is 2.82. The van der Waals surface area contributed by atoms with Crippen LogP contribution in [0.5, 0.6) is 0 Å². The lowest BCUT2D eigenvalue weighted by atomic mass is 9.92. The van der Waals surface area contributed by atoms with Crippen LogP contribution >= 0.6 is 0 Å². The monoisotopic (exact) mass is 215 g/mol. The van der Waals surface area contributed by atoms with E-state index < -0.39 is 6.10 Å². The topological polar surface area (TPSA) is 49.8 Å². The van der Waals surface area contributed by atoms with Gasteiger partial charge in [-0.15, -0.1) is 0 Å². The van der Waals surface area contributed by atoms with Gasteiger partial charge in [0, 0.05) is 7.05 Å². The lowest BCUT2D eigenvalue weighted by Crippen LogP contribution is -2.46. The van der Waals surface area contributed by atoms with Gasteiger partial charge in [-0.3, -0.25) is 0 Å². The van der Waals surface area contributed by atoms with E-state index in [1.54, 1.807) is 7.05 Å². The van der Waals surface area contributed by atoms with Crippen molar-refractivity contribution in [3.8, 4) is 0 Å². The Morgan fingerprint density at radius 2 is 2.00 bits per heavy atom. The van der Waals surface area contributed by atoms with Gasteiger partial charge in [0.05, 0.1) is 18.2 Å². The van der Waals surface area contributed by atoms with Crippen LogP contribution < -0.4 is 0 Å². The molecule has 1 aliphatic rings. The number of hydrogen-bond donors (Lipinski definition) is 1. The molecule has 2 atom stereocenters. The SMILES string of the molecule is CC(C)OC(=O)N(C)C1CCCCC1O. The summed E-state index contributed by atoms with van der Waals surface area (Å²) < 4.78 is 5.09. The standard InChI is InChI=1S/C11H21NO3/c1-8(2)15-11(14)12(3)9-6-4-5-7-10(9)13/h8-10,13H,4-7H2,1-3H3. The largest absolute Gasteiger partial charge is 0.447 e. The molecule has 1 saturated carbocycles. The molecule has 0 aliphatic heterocycles. The molecular formula is C11H21NO3. The third-order valence-electron chi connectivity index (χ3n) is 2.82. The van der Waals surface area contributed by atoms with E-state index in [9.17, 15) is 9.90 Å². The Morgan fingerprint density at radius 3 is 2.53 bits per heavy atom. The highest BCUT2D eigenvalue weighted by atomic mass is 16.6. The normalized spacial score (nSPS) is 26.5. The molecule has 15 heavy (non-hydrogen) atoms. The summed E-state index contributed by atoms with van der Waals surface area (Å²) in [4.78, 5) is 13.1. The molecule has 4 heteroatoms. The Balaban J connectivity index is 2.50. The van der Waals surface area contributed by atoms with Gasteiger partial charge < -0.3 is 14.7 Å². The summed E-state index contributed by atoms with van der Waals surface area (Å²) in [5.41, 5.74) is 0. The van der Waals surface area contributed by atoms with Crippen molar-refractivity contribution in [1.82, 2.24) is 4.90 Å². The Kier molecular flexibility index (Phi) is 4.39. The van der Waals surface area contributed by atoms with E-state index in [0.29, 0.717) is 0 Å². The zero-order valence-electron chi connectivity index (χ0n) is 9.77. The van der Waals surface area contributed by atoms with E-state index in [-0.39, 0.29) is 18.2 Å². The molecule has 4 nitrogen and oxygen atoms in total. The molecule has 0 saturated heterocycles. The van der Waals surface area contributed by atoms with Crippen LogP contribution in [0.4, 0.5) is 4.79 Å². The molecule has 0 heterocycles. The molecule has 1 fully saturated rings. The fourth-order valence-electron chi connectivity index (χ4n) is 1.96. The number of likely N-dealkylation sites (N-methyl/N-ethyl adjacent to an activating group) is 1. The highest BCUT2D eigenvalue weighted by Gasteiger charge is 2.30. The number of aliphatic hydroxyl groups is 1. The smallest absolute Gasteiger partial charge is 0.410 e. The Hall–Kier alpha value is -0.770. The quantitative estimate of drug-likeness (QED) is 0.763. The summed E-state index contributed by atoms with van der Waals surface area (Å²) in [7, 11) is 1.70. The summed E-state index contributed by atoms with van der Waals surface area (Å²) >= 11 is 0. The predicted octanol–water partition coefficient (Wildman–Crippen LogP) is 1.77. The zero-order chi connectivity index (χ0) is 11.4. The van der Waals surface area contributed by atoms with Crippen LogP contribution in [0.2, 0.25) is 0 Å². The number of amides is 1. The molecule has 1 N–H and O–H groups in total. The highest BCUT2D eigenvalue weighted by Crippen LogP contribution is 2.22. The first-order valence-corrected chi connectivity index (χ1v) is 5.64. The molecule has 88 valence electrons. The maximum Gasteiger partial charge on any atom is 0.410 e. The van der Waals surface area contributed by atoms with Crippen LogP contribution in [0.25, 0.3) is 0 Å². The molecule has 0 aromatic carbocycles. The summed E-state index contributed by atoms with van der Waals surface area (Å²) in [6, 6.07) is -0.0787. The van der Waals surface area contributed by atoms with Crippen molar-refractivity contribution in [3.63, 3.8) is 0 Å². The van der Waals surface area contributed by atoms with Crippen LogP contribution in [-0.4, -0.2) is 41.4 Å².